The highest BCUT2D eigenvalue weighted by Crippen LogP contribution is 2.22. The lowest BCUT2D eigenvalue weighted by atomic mass is 10.1. The number of aromatic nitrogens is 3. The number of piperazine rings is 1. The Morgan fingerprint density at radius 1 is 0.974 bits per heavy atom. The lowest BCUT2D eigenvalue weighted by Gasteiger charge is -2.34. The molecule has 0 bridgehead atoms. The number of rotatable bonds is 7. The zero-order valence-electron chi connectivity index (χ0n) is 21.2. The minimum Gasteiger partial charge on any atom is -0.484 e. The summed E-state index contributed by atoms with van der Waals surface area (Å²) in [5, 5.41) is 4.03. The molecule has 0 aliphatic carbocycles. The molecule has 0 atom stereocenters. The van der Waals surface area contributed by atoms with Crippen molar-refractivity contribution in [2.75, 3.05) is 32.8 Å². The van der Waals surface area contributed by atoms with Crippen LogP contribution in [0.3, 0.4) is 0 Å². The number of hydrogen-bond acceptors (Lipinski definition) is 7. The summed E-state index contributed by atoms with van der Waals surface area (Å²) in [5.74, 6) is 0.816. The number of benzene rings is 2. The molecule has 202 valence electrons. The lowest BCUT2D eigenvalue weighted by Crippen LogP contribution is -2.48. The highest BCUT2D eigenvalue weighted by molar-refractivity contribution is 5.94. The Hall–Kier alpha value is -4.25. The van der Waals surface area contributed by atoms with Gasteiger partial charge in [0, 0.05) is 44.5 Å². The smallest absolute Gasteiger partial charge is 0.422 e. The Morgan fingerprint density at radius 2 is 1.69 bits per heavy atom. The van der Waals surface area contributed by atoms with Gasteiger partial charge in [0.1, 0.15) is 11.4 Å². The van der Waals surface area contributed by atoms with Crippen molar-refractivity contribution >= 4 is 5.91 Å². The van der Waals surface area contributed by atoms with Crippen LogP contribution in [-0.4, -0.2) is 69.8 Å². The molecule has 1 aliphatic rings. The average molecular weight is 538 g/mol. The quantitative estimate of drug-likeness (QED) is 0.328. The molecular formula is C28H26F3N5O3. The van der Waals surface area contributed by atoms with Gasteiger partial charge in [-0.15, -0.1) is 0 Å². The van der Waals surface area contributed by atoms with Crippen LogP contribution in [0, 0.1) is 6.92 Å². The summed E-state index contributed by atoms with van der Waals surface area (Å²) in [6.07, 6.45) is -2.85. The van der Waals surface area contributed by atoms with E-state index < -0.39 is 12.8 Å². The minimum atomic E-state index is -4.37. The lowest BCUT2D eigenvalue weighted by molar-refractivity contribution is -0.153. The first kappa shape index (κ1) is 26.4. The predicted molar refractivity (Wildman–Crippen MR) is 137 cm³/mol. The monoisotopic (exact) mass is 537 g/mol. The summed E-state index contributed by atoms with van der Waals surface area (Å²) in [7, 11) is 0. The maximum atomic E-state index is 13.0. The van der Waals surface area contributed by atoms with E-state index in [-0.39, 0.29) is 17.5 Å². The van der Waals surface area contributed by atoms with Gasteiger partial charge in [-0.1, -0.05) is 47.1 Å². The molecule has 1 saturated heterocycles. The van der Waals surface area contributed by atoms with Gasteiger partial charge in [-0.2, -0.15) is 18.2 Å². The molecule has 11 heteroatoms. The van der Waals surface area contributed by atoms with Crippen molar-refractivity contribution in [3.8, 4) is 28.7 Å². The number of alkyl halides is 3. The fourth-order valence-electron chi connectivity index (χ4n) is 4.20. The Kier molecular flexibility index (Phi) is 7.60. The van der Waals surface area contributed by atoms with Crippen LogP contribution >= 0.6 is 0 Å². The minimum absolute atomic E-state index is 0.106. The normalized spacial score (nSPS) is 14.4. The van der Waals surface area contributed by atoms with Gasteiger partial charge in [0.05, 0.1) is 5.56 Å². The first-order chi connectivity index (χ1) is 18.7. The molecule has 2 aromatic heterocycles. The number of amides is 1. The van der Waals surface area contributed by atoms with Gasteiger partial charge < -0.3 is 14.2 Å². The Bertz CT molecular complexity index is 1400. The van der Waals surface area contributed by atoms with Crippen LogP contribution < -0.4 is 4.74 Å². The SMILES string of the molecule is Cc1ccc(-c2noc(-c3ccc(C(=O)N4CCN(Cc5ccc(OCC(F)(F)F)cc5)CC4)cn3)n2)cc1. The molecule has 8 nitrogen and oxygen atoms in total. The van der Waals surface area contributed by atoms with E-state index in [1.807, 2.05) is 31.2 Å². The Labute approximate surface area is 223 Å². The highest BCUT2D eigenvalue weighted by atomic mass is 19.4. The van der Waals surface area contributed by atoms with E-state index in [0.717, 1.165) is 16.7 Å². The first-order valence-electron chi connectivity index (χ1n) is 12.4. The van der Waals surface area contributed by atoms with Crippen molar-refractivity contribution in [2.24, 2.45) is 0 Å². The summed E-state index contributed by atoms with van der Waals surface area (Å²) in [6, 6.07) is 17.8. The molecule has 4 aromatic rings. The van der Waals surface area contributed by atoms with Gasteiger partial charge in [0.2, 0.25) is 5.82 Å². The molecule has 0 spiro atoms. The second-order valence-corrected chi connectivity index (χ2v) is 9.34. The van der Waals surface area contributed by atoms with E-state index in [2.05, 4.69) is 20.0 Å². The largest absolute Gasteiger partial charge is 0.484 e. The fourth-order valence-corrected chi connectivity index (χ4v) is 4.20. The Balaban J connectivity index is 1.12. The third-order valence-electron chi connectivity index (χ3n) is 6.36. The van der Waals surface area contributed by atoms with Crippen molar-refractivity contribution in [3.63, 3.8) is 0 Å². The van der Waals surface area contributed by atoms with Crippen molar-refractivity contribution in [1.82, 2.24) is 24.9 Å². The number of pyridine rings is 1. The van der Waals surface area contributed by atoms with Crippen molar-refractivity contribution < 1.29 is 27.2 Å². The molecular weight excluding hydrogens is 511 g/mol. The van der Waals surface area contributed by atoms with Gasteiger partial charge in [0.15, 0.2) is 6.61 Å². The molecule has 0 saturated carbocycles. The molecule has 39 heavy (non-hydrogen) atoms. The standard InChI is InChI=1S/C28H26F3N5O3/c1-19-2-6-21(7-3-19)25-33-26(39-34-25)24-11-8-22(16-32-24)27(37)36-14-12-35(13-15-36)17-20-4-9-23(10-5-20)38-18-28(29,30)31/h2-11,16H,12-15,17-18H2,1H3. The maximum absolute atomic E-state index is 13.0. The number of ether oxygens (including phenoxy) is 1. The van der Waals surface area contributed by atoms with E-state index in [9.17, 15) is 18.0 Å². The number of nitrogens with zero attached hydrogens (tertiary/aromatic N) is 5. The number of carbonyl (C=O) groups is 1. The fraction of sp³-hybridized carbons (Fsp3) is 0.286. The zero-order chi connectivity index (χ0) is 27.4. The van der Waals surface area contributed by atoms with E-state index in [1.165, 1.54) is 18.3 Å². The van der Waals surface area contributed by atoms with Crippen molar-refractivity contribution in [1.29, 1.82) is 0 Å². The van der Waals surface area contributed by atoms with Crippen LogP contribution in [0.4, 0.5) is 13.2 Å². The molecule has 2 aromatic carbocycles. The van der Waals surface area contributed by atoms with Crippen LogP contribution in [0.1, 0.15) is 21.5 Å². The second-order valence-electron chi connectivity index (χ2n) is 9.34. The molecule has 5 rings (SSSR count). The van der Waals surface area contributed by atoms with E-state index in [0.29, 0.717) is 49.8 Å². The molecule has 1 fully saturated rings. The zero-order valence-corrected chi connectivity index (χ0v) is 21.2. The Morgan fingerprint density at radius 3 is 2.33 bits per heavy atom. The summed E-state index contributed by atoms with van der Waals surface area (Å²) < 4.78 is 47.0. The number of halogens is 3. The molecule has 1 aliphatic heterocycles. The summed E-state index contributed by atoms with van der Waals surface area (Å²) in [6.45, 7) is 3.78. The van der Waals surface area contributed by atoms with Crippen LogP contribution in [0.5, 0.6) is 5.75 Å². The van der Waals surface area contributed by atoms with E-state index in [4.69, 9.17) is 9.26 Å². The topological polar surface area (TPSA) is 84.6 Å². The third-order valence-corrected chi connectivity index (χ3v) is 6.36. The van der Waals surface area contributed by atoms with Gasteiger partial charge in [-0.3, -0.25) is 14.7 Å². The van der Waals surface area contributed by atoms with Crippen molar-refractivity contribution in [3.05, 3.63) is 83.6 Å². The number of carbonyl (C=O) groups excluding carboxylic acids is 1. The first-order valence-corrected chi connectivity index (χ1v) is 12.4. The van der Waals surface area contributed by atoms with Gasteiger partial charge in [-0.25, -0.2) is 0 Å². The molecule has 1 amide bonds. The van der Waals surface area contributed by atoms with Gasteiger partial charge in [-0.05, 0) is 36.8 Å². The van der Waals surface area contributed by atoms with Gasteiger partial charge in [0.25, 0.3) is 11.8 Å². The number of aryl methyl sites for hydroxylation is 1. The van der Waals surface area contributed by atoms with Gasteiger partial charge >= 0.3 is 6.18 Å². The molecule has 0 N–H and O–H groups in total. The summed E-state index contributed by atoms with van der Waals surface area (Å²) >= 11 is 0. The average Bonchev–Trinajstić information content (AvgIpc) is 3.43. The maximum Gasteiger partial charge on any atom is 0.422 e. The highest BCUT2D eigenvalue weighted by Gasteiger charge is 2.28. The number of hydrogen-bond donors (Lipinski definition) is 0. The summed E-state index contributed by atoms with van der Waals surface area (Å²) in [4.78, 5) is 25.8. The van der Waals surface area contributed by atoms with E-state index >= 15 is 0 Å². The summed E-state index contributed by atoms with van der Waals surface area (Å²) in [5.41, 5.74) is 3.89. The molecule has 0 unspecified atom stereocenters. The molecule has 0 radical (unpaired) electrons. The van der Waals surface area contributed by atoms with Crippen LogP contribution in [-0.2, 0) is 6.54 Å². The third kappa shape index (κ3) is 6.80. The predicted octanol–water partition coefficient (Wildman–Crippen LogP) is 5.01. The molecule has 3 heterocycles. The van der Waals surface area contributed by atoms with Crippen LogP contribution in [0.2, 0.25) is 0 Å². The van der Waals surface area contributed by atoms with Crippen LogP contribution in [0.25, 0.3) is 23.0 Å². The van der Waals surface area contributed by atoms with Crippen LogP contribution in [0.15, 0.2) is 71.4 Å². The van der Waals surface area contributed by atoms with Crippen molar-refractivity contribution in [2.45, 2.75) is 19.6 Å². The van der Waals surface area contributed by atoms with E-state index in [1.54, 1.807) is 29.2 Å². The second kappa shape index (κ2) is 11.2.